The van der Waals surface area contributed by atoms with E-state index in [1.54, 1.807) is 12.4 Å². The van der Waals surface area contributed by atoms with E-state index < -0.39 is 6.09 Å². The number of rotatable bonds is 5. The molecule has 1 aliphatic rings. The Labute approximate surface area is 161 Å². The van der Waals surface area contributed by atoms with Crippen LogP contribution in [-0.2, 0) is 4.79 Å². The van der Waals surface area contributed by atoms with Crippen LogP contribution in [0, 0.1) is 0 Å². The van der Waals surface area contributed by atoms with E-state index in [4.69, 9.17) is 17.4 Å². The van der Waals surface area contributed by atoms with E-state index in [1.165, 1.54) is 0 Å². The summed E-state index contributed by atoms with van der Waals surface area (Å²) in [4.78, 5) is 32.6. The highest BCUT2D eigenvalue weighted by molar-refractivity contribution is 6.35. The first kappa shape index (κ1) is 19.2. The molecule has 1 fully saturated rings. The second-order valence-electron chi connectivity index (χ2n) is 6.61. The highest BCUT2D eigenvalue weighted by Gasteiger charge is 2.29. The summed E-state index contributed by atoms with van der Waals surface area (Å²) < 4.78 is 0. The molecule has 146 valence electrons. The largest absolute Gasteiger partial charge is 0.464 e. The fourth-order valence-corrected chi connectivity index (χ4v) is 3.71. The number of carbonyl (C=O) groups excluding carboxylic acids is 1. The highest BCUT2D eigenvalue weighted by atomic mass is 35.5. The molecule has 3 rings (SSSR count). The molecule has 10 heteroatoms. The van der Waals surface area contributed by atoms with E-state index in [1.807, 2.05) is 11.8 Å². The Kier molecular flexibility index (Phi) is 5.71. The number of piperidine rings is 1. The van der Waals surface area contributed by atoms with Gasteiger partial charge in [0.15, 0.2) is 0 Å². The third-order valence-corrected chi connectivity index (χ3v) is 4.98. The number of aromatic amines is 1. The van der Waals surface area contributed by atoms with Crippen molar-refractivity contribution in [2.24, 2.45) is 5.84 Å². The number of pyridine rings is 1. The first-order valence-corrected chi connectivity index (χ1v) is 9.27. The van der Waals surface area contributed by atoms with Crippen LogP contribution in [0.2, 0.25) is 5.02 Å². The summed E-state index contributed by atoms with van der Waals surface area (Å²) >= 11 is 6.46. The molecule has 0 unspecified atom stereocenters. The monoisotopic (exact) mass is 394 g/mol. The van der Waals surface area contributed by atoms with Crippen LogP contribution in [0.1, 0.15) is 32.6 Å². The van der Waals surface area contributed by atoms with Crippen LogP contribution in [0.5, 0.6) is 0 Å². The Morgan fingerprint density at radius 3 is 3.04 bits per heavy atom. The lowest BCUT2D eigenvalue weighted by molar-refractivity contribution is -0.116. The summed E-state index contributed by atoms with van der Waals surface area (Å²) in [6, 6.07) is -0.340. The first-order valence-electron chi connectivity index (χ1n) is 8.89. The molecule has 0 aliphatic carbocycles. The van der Waals surface area contributed by atoms with Crippen LogP contribution in [0.4, 0.5) is 16.2 Å². The minimum absolute atomic E-state index is 0.0835. The number of fused-ring (bicyclic) bond motifs is 1. The summed E-state index contributed by atoms with van der Waals surface area (Å²) in [6.07, 6.45) is 4.69. The van der Waals surface area contributed by atoms with Gasteiger partial charge in [0.05, 0.1) is 34.0 Å². The maximum Gasteiger partial charge on any atom is 0.421 e. The van der Waals surface area contributed by atoms with E-state index in [-0.39, 0.29) is 11.9 Å². The fourth-order valence-electron chi connectivity index (χ4n) is 3.44. The van der Waals surface area contributed by atoms with Crippen molar-refractivity contribution in [1.82, 2.24) is 15.0 Å². The molecule has 0 saturated carbocycles. The standard InChI is InChI=1S/C17H23ClN6O3/c1-2-4-13(25)22-12-8-21-16-14(12)15(11(18)7-20-16)23-6-3-5-10(9-23)24(19)17(26)27/h7-8,10H,2-6,9,19H2,1H3,(H,20,21)(H,22,25)(H,26,27)/t10-/m1/s1. The topological polar surface area (TPSA) is 128 Å². The molecule has 2 aromatic heterocycles. The second-order valence-corrected chi connectivity index (χ2v) is 7.02. The van der Waals surface area contributed by atoms with Crippen LogP contribution in [0.15, 0.2) is 12.4 Å². The maximum absolute atomic E-state index is 12.1. The molecule has 0 aromatic carbocycles. The van der Waals surface area contributed by atoms with Crippen LogP contribution < -0.4 is 16.1 Å². The van der Waals surface area contributed by atoms with Crippen molar-refractivity contribution in [3.63, 3.8) is 0 Å². The fraction of sp³-hybridized carbons (Fsp3) is 0.471. The number of nitrogens with two attached hydrogens (primary N) is 1. The smallest absolute Gasteiger partial charge is 0.421 e. The number of H-pyrrole nitrogens is 1. The van der Waals surface area contributed by atoms with Crippen LogP contribution in [0.25, 0.3) is 11.0 Å². The van der Waals surface area contributed by atoms with Gasteiger partial charge in [0.25, 0.3) is 0 Å². The molecule has 9 nitrogen and oxygen atoms in total. The number of carboxylic acid groups (broad SMARTS) is 1. The SMILES string of the molecule is CCCC(=O)Nc1c[nH]c2ncc(Cl)c(N3CCC[C@@H](N(N)C(=O)O)C3)c12. The van der Waals surface area contributed by atoms with Crippen LogP contribution in [0.3, 0.4) is 0 Å². The van der Waals surface area contributed by atoms with Crippen molar-refractivity contribution in [3.8, 4) is 0 Å². The lowest BCUT2D eigenvalue weighted by Gasteiger charge is -2.37. The van der Waals surface area contributed by atoms with Crippen molar-refractivity contribution >= 4 is 46.0 Å². The summed E-state index contributed by atoms with van der Waals surface area (Å²) in [6.45, 7) is 3.05. The van der Waals surface area contributed by atoms with Crippen molar-refractivity contribution in [2.75, 3.05) is 23.3 Å². The van der Waals surface area contributed by atoms with Crippen molar-refractivity contribution in [3.05, 3.63) is 17.4 Å². The minimum atomic E-state index is -1.16. The minimum Gasteiger partial charge on any atom is -0.464 e. The number of amides is 2. The second kappa shape index (κ2) is 8.01. The molecule has 1 aliphatic heterocycles. The van der Waals surface area contributed by atoms with Gasteiger partial charge in [-0.15, -0.1) is 0 Å². The van der Waals surface area contributed by atoms with E-state index in [9.17, 15) is 14.7 Å². The molecule has 0 radical (unpaired) electrons. The van der Waals surface area contributed by atoms with Crippen molar-refractivity contribution < 1.29 is 14.7 Å². The maximum atomic E-state index is 12.1. The number of nitrogens with one attached hydrogen (secondary N) is 2. The molecule has 0 bridgehead atoms. The molecule has 2 aromatic rings. The summed E-state index contributed by atoms with van der Waals surface area (Å²) in [5.41, 5.74) is 1.93. The zero-order chi connectivity index (χ0) is 19.6. The number of hydrogen-bond acceptors (Lipinski definition) is 5. The van der Waals surface area contributed by atoms with Gasteiger partial charge in [-0.05, 0) is 19.3 Å². The zero-order valence-corrected chi connectivity index (χ0v) is 15.8. The van der Waals surface area contributed by atoms with Gasteiger partial charge in [0.1, 0.15) is 5.65 Å². The van der Waals surface area contributed by atoms with Gasteiger partial charge in [-0.2, -0.15) is 0 Å². The quantitative estimate of drug-likeness (QED) is 0.350. The highest BCUT2D eigenvalue weighted by Crippen LogP contribution is 2.39. The number of hydrazine groups is 1. The molecule has 5 N–H and O–H groups in total. The summed E-state index contributed by atoms with van der Waals surface area (Å²) in [5.74, 6) is 5.61. The molecule has 3 heterocycles. The Balaban J connectivity index is 1.97. The summed E-state index contributed by atoms with van der Waals surface area (Å²) in [7, 11) is 0. The predicted molar refractivity (Wildman–Crippen MR) is 104 cm³/mol. The lowest BCUT2D eigenvalue weighted by atomic mass is 10.0. The number of halogens is 1. The zero-order valence-electron chi connectivity index (χ0n) is 15.0. The molecular formula is C17H23ClN6O3. The van der Waals surface area contributed by atoms with Gasteiger partial charge in [0, 0.05) is 25.7 Å². The van der Waals surface area contributed by atoms with Crippen LogP contribution >= 0.6 is 11.6 Å². The molecule has 2 amide bonds. The Morgan fingerprint density at radius 1 is 1.56 bits per heavy atom. The average Bonchev–Trinajstić information content (AvgIpc) is 3.04. The Hall–Kier alpha value is -2.52. The van der Waals surface area contributed by atoms with E-state index in [0.29, 0.717) is 47.7 Å². The van der Waals surface area contributed by atoms with Crippen LogP contribution in [-0.4, -0.2) is 51.2 Å². The Bertz CT molecular complexity index is 855. The molecule has 1 saturated heterocycles. The number of aromatic nitrogens is 2. The average molecular weight is 395 g/mol. The van der Waals surface area contributed by atoms with Gasteiger partial charge in [0.2, 0.25) is 5.91 Å². The Morgan fingerprint density at radius 2 is 2.33 bits per heavy atom. The third kappa shape index (κ3) is 3.93. The molecule has 0 spiro atoms. The number of carbonyl (C=O) groups is 2. The van der Waals surface area contributed by atoms with Gasteiger partial charge in [-0.1, -0.05) is 18.5 Å². The number of hydrogen-bond donors (Lipinski definition) is 4. The van der Waals surface area contributed by atoms with Gasteiger partial charge < -0.3 is 20.3 Å². The third-order valence-electron chi connectivity index (χ3n) is 4.71. The first-order chi connectivity index (χ1) is 12.9. The lowest BCUT2D eigenvalue weighted by Crippen LogP contribution is -2.53. The normalized spacial score (nSPS) is 17.1. The van der Waals surface area contributed by atoms with Gasteiger partial charge in [-0.25, -0.2) is 20.6 Å². The van der Waals surface area contributed by atoms with Gasteiger partial charge >= 0.3 is 6.09 Å². The van der Waals surface area contributed by atoms with E-state index in [0.717, 1.165) is 23.5 Å². The van der Waals surface area contributed by atoms with E-state index in [2.05, 4.69) is 15.3 Å². The summed E-state index contributed by atoms with van der Waals surface area (Å²) in [5, 5.41) is 14.1. The molecule has 27 heavy (non-hydrogen) atoms. The predicted octanol–water partition coefficient (Wildman–Crippen LogP) is 2.78. The van der Waals surface area contributed by atoms with Crippen molar-refractivity contribution in [2.45, 2.75) is 38.6 Å². The van der Waals surface area contributed by atoms with E-state index >= 15 is 0 Å². The van der Waals surface area contributed by atoms with Gasteiger partial charge in [-0.3, -0.25) is 4.79 Å². The van der Waals surface area contributed by atoms with Crippen molar-refractivity contribution in [1.29, 1.82) is 0 Å². The number of anilines is 2. The number of nitrogens with zero attached hydrogens (tertiary/aromatic N) is 3. The molecule has 1 atom stereocenters. The molecular weight excluding hydrogens is 372 g/mol.